The molecule has 0 amide bonds. The second-order valence-corrected chi connectivity index (χ2v) is 17.5. The molecular formula is C51H51N. The lowest BCUT2D eigenvalue weighted by Crippen LogP contribution is -2.33. The van der Waals surface area contributed by atoms with Gasteiger partial charge in [-0.3, -0.25) is 0 Å². The van der Waals surface area contributed by atoms with Gasteiger partial charge in [-0.2, -0.15) is 0 Å². The smallest absolute Gasteiger partial charge is 0.0575 e. The molecule has 0 saturated heterocycles. The maximum absolute atomic E-state index is 2.65. The summed E-state index contributed by atoms with van der Waals surface area (Å²) in [6, 6.07) is 48.7. The fraction of sp³-hybridized carbons (Fsp3) is 0.294. The molecule has 9 rings (SSSR count). The van der Waals surface area contributed by atoms with Crippen LogP contribution in [0.3, 0.4) is 0 Å². The molecule has 0 bridgehead atoms. The Bertz CT molecular complexity index is 2320. The van der Waals surface area contributed by atoms with Gasteiger partial charge in [-0.05, 0) is 129 Å². The van der Waals surface area contributed by atoms with E-state index in [1.807, 2.05) is 0 Å². The Balaban J connectivity index is 1.40. The van der Waals surface area contributed by atoms with Crippen LogP contribution in [0, 0.1) is 0 Å². The van der Waals surface area contributed by atoms with Crippen molar-refractivity contribution in [3.05, 3.63) is 161 Å². The van der Waals surface area contributed by atoms with E-state index in [1.54, 1.807) is 0 Å². The first-order valence-electron chi connectivity index (χ1n) is 19.5. The summed E-state index contributed by atoms with van der Waals surface area (Å²) in [7, 11) is 0. The summed E-state index contributed by atoms with van der Waals surface area (Å²) in [5.41, 5.74) is 20.7. The lowest BCUT2D eigenvalue weighted by Gasteiger charge is -2.42. The summed E-state index contributed by atoms with van der Waals surface area (Å²) < 4.78 is 0. The SMILES string of the molecule is CC1(C)CCC(C)(C)c2cc(-c3cc4c(cc3N(c3ccccc3)c3c(-c5ccccc5)ccc5c3CCCC5)C(C)(C)c3ccccc3-4)ccc21. The lowest BCUT2D eigenvalue weighted by molar-refractivity contribution is 0.332. The molecule has 6 aromatic rings. The number of fused-ring (bicyclic) bond motifs is 5. The number of anilines is 3. The van der Waals surface area contributed by atoms with Crippen molar-refractivity contribution in [1.29, 1.82) is 0 Å². The van der Waals surface area contributed by atoms with Crippen molar-refractivity contribution < 1.29 is 0 Å². The van der Waals surface area contributed by atoms with E-state index < -0.39 is 0 Å². The highest BCUT2D eigenvalue weighted by Gasteiger charge is 2.40. The third-order valence-electron chi connectivity index (χ3n) is 12.9. The normalized spacial score (nSPS) is 17.4. The number of nitrogens with zero attached hydrogens (tertiary/aromatic N) is 1. The molecule has 0 aliphatic heterocycles. The summed E-state index contributed by atoms with van der Waals surface area (Å²) in [6.45, 7) is 14.6. The molecule has 0 unspecified atom stereocenters. The average Bonchev–Trinajstić information content (AvgIpc) is 3.39. The van der Waals surface area contributed by atoms with E-state index in [4.69, 9.17) is 0 Å². The molecule has 0 saturated carbocycles. The first-order chi connectivity index (χ1) is 25.0. The van der Waals surface area contributed by atoms with Crippen LogP contribution in [0.5, 0.6) is 0 Å². The fourth-order valence-electron chi connectivity index (χ4n) is 9.79. The molecule has 3 aliphatic carbocycles. The number of hydrogen-bond donors (Lipinski definition) is 0. The molecule has 0 atom stereocenters. The largest absolute Gasteiger partial charge is 0.309 e. The zero-order valence-corrected chi connectivity index (χ0v) is 31.8. The zero-order valence-electron chi connectivity index (χ0n) is 31.8. The van der Waals surface area contributed by atoms with Gasteiger partial charge in [0.2, 0.25) is 0 Å². The van der Waals surface area contributed by atoms with E-state index >= 15 is 0 Å². The highest BCUT2D eigenvalue weighted by Crippen LogP contribution is 2.56. The molecule has 0 spiro atoms. The average molecular weight is 678 g/mol. The molecule has 1 nitrogen and oxygen atoms in total. The molecule has 260 valence electrons. The first-order valence-corrected chi connectivity index (χ1v) is 19.5. The molecule has 3 aliphatic rings. The van der Waals surface area contributed by atoms with Gasteiger partial charge in [-0.25, -0.2) is 0 Å². The van der Waals surface area contributed by atoms with Crippen LogP contribution in [-0.4, -0.2) is 0 Å². The third-order valence-corrected chi connectivity index (χ3v) is 12.9. The van der Waals surface area contributed by atoms with Crippen LogP contribution in [-0.2, 0) is 29.1 Å². The minimum absolute atomic E-state index is 0.116. The number of para-hydroxylation sites is 1. The topological polar surface area (TPSA) is 3.24 Å². The van der Waals surface area contributed by atoms with Crippen molar-refractivity contribution in [3.8, 4) is 33.4 Å². The van der Waals surface area contributed by atoms with Crippen molar-refractivity contribution in [2.24, 2.45) is 0 Å². The van der Waals surface area contributed by atoms with E-state index in [2.05, 4.69) is 174 Å². The molecular weight excluding hydrogens is 627 g/mol. The lowest BCUT2D eigenvalue weighted by atomic mass is 9.63. The van der Waals surface area contributed by atoms with Gasteiger partial charge in [0.15, 0.2) is 0 Å². The minimum Gasteiger partial charge on any atom is -0.309 e. The van der Waals surface area contributed by atoms with Gasteiger partial charge in [0.25, 0.3) is 0 Å². The number of hydrogen-bond acceptors (Lipinski definition) is 1. The molecule has 52 heavy (non-hydrogen) atoms. The number of benzene rings is 6. The Hall–Kier alpha value is -4.88. The van der Waals surface area contributed by atoms with Crippen LogP contribution in [0.4, 0.5) is 17.1 Å². The third kappa shape index (κ3) is 5.19. The van der Waals surface area contributed by atoms with Crippen LogP contribution in [0.1, 0.15) is 101 Å². The summed E-state index contributed by atoms with van der Waals surface area (Å²) in [5, 5.41) is 0. The second-order valence-electron chi connectivity index (χ2n) is 17.5. The summed E-state index contributed by atoms with van der Waals surface area (Å²) >= 11 is 0. The van der Waals surface area contributed by atoms with Crippen LogP contribution < -0.4 is 4.90 Å². The van der Waals surface area contributed by atoms with Gasteiger partial charge in [-0.15, -0.1) is 0 Å². The quantitative estimate of drug-likeness (QED) is 0.176. The van der Waals surface area contributed by atoms with Gasteiger partial charge in [-0.1, -0.05) is 145 Å². The Morgan fingerprint density at radius 3 is 1.90 bits per heavy atom. The van der Waals surface area contributed by atoms with Crippen molar-refractivity contribution >= 4 is 17.1 Å². The van der Waals surface area contributed by atoms with Gasteiger partial charge in [0, 0.05) is 22.2 Å². The molecule has 0 radical (unpaired) electrons. The number of rotatable bonds is 5. The van der Waals surface area contributed by atoms with E-state index in [-0.39, 0.29) is 16.2 Å². The van der Waals surface area contributed by atoms with Gasteiger partial charge >= 0.3 is 0 Å². The predicted molar refractivity (Wildman–Crippen MR) is 221 cm³/mol. The van der Waals surface area contributed by atoms with Crippen molar-refractivity contribution in [2.45, 2.75) is 96.3 Å². The maximum Gasteiger partial charge on any atom is 0.0575 e. The van der Waals surface area contributed by atoms with Crippen LogP contribution in [0.15, 0.2) is 127 Å². The Morgan fingerprint density at radius 1 is 0.462 bits per heavy atom. The Kier molecular flexibility index (Phi) is 7.67. The van der Waals surface area contributed by atoms with Crippen LogP contribution in [0.25, 0.3) is 33.4 Å². The molecule has 6 aromatic carbocycles. The fourth-order valence-corrected chi connectivity index (χ4v) is 9.79. The van der Waals surface area contributed by atoms with Crippen LogP contribution in [0.2, 0.25) is 0 Å². The van der Waals surface area contributed by atoms with Crippen molar-refractivity contribution in [2.75, 3.05) is 4.90 Å². The Labute approximate surface area is 311 Å². The van der Waals surface area contributed by atoms with Crippen LogP contribution >= 0.6 is 0 Å². The highest BCUT2D eigenvalue weighted by molar-refractivity contribution is 5.98. The molecule has 1 heteroatoms. The van der Waals surface area contributed by atoms with E-state index in [0.29, 0.717) is 0 Å². The molecule has 0 fully saturated rings. The number of aryl methyl sites for hydroxylation is 1. The van der Waals surface area contributed by atoms with Gasteiger partial charge in [0.1, 0.15) is 0 Å². The van der Waals surface area contributed by atoms with E-state index in [9.17, 15) is 0 Å². The molecule has 0 N–H and O–H groups in total. The maximum atomic E-state index is 2.65. The molecule has 0 aromatic heterocycles. The zero-order chi connectivity index (χ0) is 35.8. The van der Waals surface area contributed by atoms with Gasteiger partial charge in [0.05, 0.1) is 11.4 Å². The Morgan fingerprint density at radius 2 is 1.13 bits per heavy atom. The van der Waals surface area contributed by atoms with E-state index in [0.717, 1.165) is 12.8 Å². The standard InChI is InChI=1S/C51H51N/c1-49(2)29-30-50(3,4)46-31-36(26-28-44(46)49)41-32-42-40-23-15-16-24-43(40)51(5,6)45(42)33-47(41)52(37-20-11-8-12-21-37)48-38-22-14-13-19-35(38)25-27-39(48)34-17-9-7-10-18-34/h7-12,15-18,20-21,23-28,31-33H,13-14,19,22,29-30H2,1-6H3. The summed E-state index contributed by atoms with van der Waals surface area (Å²) in [4.78, 5) is 2.65. The molecule has 0 heterocycles. The summed E-state index contributed by atoms with van der Waals surface area (Å²) in [5.74, 6) is 0. The second kappa shape index (κ2) is 12.1. The minimum atomic E-state index is -0.123. The van der Waals surface area contributed by atoms with Crippen molar-refractivity contribution in [3.63, 3.8) is 0 Å². The highest BCUT2D eigenvalue weighted by atomic mass is 15.2. The van der Waals surface area contributed by atoms with E-state index in [1.165, 1.54) is 110 Å². The monoisotopic (exact) mass is 677 g/mol. The first kappa shape index (κ1) is 33.0. The predicted octanol–water partition coefficient (Wildman–Crippen LogP) is 14.0. The van der Waals surface area contributed by atoms with Gasteiger partial charge < -0.3 is 4.90 Å². The van der Waals surface area contributed by atoms with Crippen molar-refractivity contribution in [1.82, 2.24) is 0 Å². The summed E-state index contributed by atoms with van der Waals surface area (Å²) in [6.07, 6.45) is 7.10.